The van der Waals surface area contributed by atoms with Crippen molar-refractivity contribution in [3.8, 4) is 0 Å². The molecule has 5 heteroatoms. The number of nitrogen functional groups attached to an aromatic ring is 1. The number of thiophene rings is 1. The number of carbonyl (C=O) groups is 1. The van der Waals surface area contributed by atoms with Crippen LogP contribution < -0.4 is 11.1 Å². The lowest BCUT2D eigenvalue weighted by molar-refractivity contribution is 0.0955. The van der Waals surface area contributed by atoms with Gasteiger partial charge in [-0.3, -0.25) is 4.79 Å². The lowest BCUT2D eigenvalue weighted by Crippen LogP contribution is -2.35. The number of thioether (sulfide) groups is 1. The normalized spacial score (nSPS) is 11.4. The predicted octanol–water partition coefficient (Wildman–Crippen LogP) is 2.20. The highest BCUT2D eigenvalue weighted by molar-refractivity contribution is 7.99. The lowest BCUT2D eigenvalue weighted by Gasteiger charge is -2.21. The summed E-state index contributed by atoms with van der Waals surface area (Å²) in [5, 5.41) is 4.71. The lowest BCUT2D eigenvalue weighted by atomic mass is 10.2. The molecule has 0 spiro atoms. The summed E-state index contributed by atoms with van der Waals surface area (Å²) >= 11 is 3.10. The van der Waals surface area contributed by atoms with Crippen molar-refractivity contribution in [2.24, 2.45) is 0 Å². The van der Waals surface area contributed by atoms with Gasteiger partial charge < -0.3 is 11.1 Å². The number of anilines is 1. The van der Waals surface area contributed by atoms with Crippen LogP contribution in [0.15, 0.2) is 11.4 Å². The molecule has 0 radical (unpaired) electrons. The Bertz CT molecular complexity index is 347. The number of hydrogen-bond acceptors (Lipinski definition) is 4. The molecular weight excluding hydrogens is 228 g/mol. The van der Waals surface area contributed by atoms with Crippen LogP contribution in [-0.4, -0.2) is 23.5 Å². The van der Waals surface area contributed by atoms with Crippen LogP contribution in [0, 0.1) is 0 Å². The van der Waals surface area contributed by atoms with Crippen molar-refractivity contribution < 1.29 is 4.79 Å². The Kier molecular flexibility index (Phi) is 4.04. The second kappa shape index (κ2) is 4.90. The molecule has 1 heterocycles. The van der Waals surface area contributed by atoms with E-state index < -0.39 is 0 Å². The summed E-state index contributed by atoms with van der Waals surface area (Å²) in [5.41, 5.74) is 6.21. The topological polar surface area (TPSA) is 55.1 Å². The van der Waals surface area contributed by atoms with Gasteiger partial charge in [0, 0.05) is 11.3 Å². The van der Waals surface area contributed by atoms with Crippen LogP contribution >= 0.6 is 23.1 Å². The summed E-state index contributed by atoms with van der Waals surface area (Å²) in [6.45, 7) is 4.83. The van der Waals surface area contributed by atoms with Gasteiger partial charge in [0.15, 0.2) is 0 Å². The first-order valence-electron chi connectivity index (χ1n) is 4.62. The molecule has 0 saturated heterocycles. The zero-order valence-corrected chi connectivity index (χ0v) is 10.8. The van der Waals surface area contributed by atoms with Gasteiger partial charge >= 0.3 is 0 Å². The first kappa shape index (κ1) is 12.4. The van der Waals surface area contributed by atoms with Crippen molar-refractivity contribution in [3.05, 3.63) is 16.3 Å². The SMILES string of the molecule is CSC(C)(C)CNC(=O)c1sccc1N. The van der Waals surface area contributed by atoms with Crippen LogP contribution in [0.2, 0.25) is 0 Å². The standard InChI is InChI=1S/C10H16N2OS2/c1-10(2,14-3)6-12-9(13)8-7(11)4-5-15-8/h4-5H,6,11H2,1-3H3,(H,12,13). The maximum absolute atomic E-state index is 11.7. The molecule has 0 aliphatic rings. The molecule has 84 valence electrons. The Labute approximate surface area is 98.4 Å². The minimum absolute atomic E-state index is 0.0572. The van der Waals surface area contributed by atoms with Crippen molar-refractivity contribution in [1.29, 1.82) is 0 Å². The van der Waals surface area contributed by atoms with Gasteiger partial charge in [0.25, 0.3) is 5.91 Å². The molecular formula is C10H16N2OS2. The Hall–Kier alpha value is -0.680. The summed E-state index contributed by atoms with van der Waals surface area (Å²) in [6.07, 6.45) is 2.03. The van der Waals surface area contributed by atoms with E-state index in [0.29, 0.717) is 17.1 Å². The summed E-state index contributed by atoms with van der Waals surface area (Å²) in [6, 6.07) is 1.75. The van der Waals surface area contributed by atoms with E-state index in [4.69, 9.17) is 5.73 Å². The van der Waals surface area contributed by atoms with Crippen LogP contribution in [-0.2, 0) is 0 Å². The van der Waals surface area contributed by atoms with Gasteiger partial charge in [0.2, 0.25) is 0 Å². The number of rotatable bonds is 4. The molecule has 1 aromatic rings. The van der Waals surface area contributed by atoms with E-state index in [-0.39, 0.29) is 10.7 Å². The highest BCUT2D eigenvalue weighted by Gasteiger charge is 2.18. The average molecular weight is 244 g/mol. The van der Waals surface area contributed by atoms with E-state index >= 15 is 0 Å². The summed E-state index contributed by atoms with van der Waals surface area (Å²) in [4.78, 5) is 12.3. The third-order valence-corrected chi connectivity index (χ3v) is 4.31. The van der Waals surface area contributed by atoms with Gasteiger partial charge in [-0.05, 0) is 31.5 Å². The van der Waals surface area contributed by atoms with Crippen LogP contribution in [0.25, 0.3) is 0 Å². The van der Waals surface area contributed by atoms with Gasteiger partial charge in [-0.1, -0.05) is 0 Å². The molecule has 3 nitrogen and oxygen atoms in total. The number of nitrogens with one attached hydrogen (secondary N) is 1. The number of nitrogens with two attached hydrogens (primary N) is 1. The van der Waals surface area contributed by atoms with Crippen molar-refractivity contribution in [2.75, 3.05) is 18.5 Å². The number of amides is 1. The molecule has 1 aromatic heterocycles. The van der Waals surface area contributed by atoms with Crippen molar-refractivity contribution in [2.45, 2.75) is 18.6 Å². The molecule has 0 aliphatic heterocycles. The van der Waals surface area contributed by atoms with E-state index in [2.05, 4.69) is 19.2 Å². The van der Waals surface area contributed by atoms with Crippen molar-refractivity contribution >= 4 is 34.7 Å². The highest BCUT2D eigenvalue weighted by Crippen LogP contribution is 2.21. The summed E-state index contributed by atoms with van der Waals surface area (Å²) in [7, 11) is 0. The van der Waals surface area contributed by atoms with Gasteiger partial charge in [-0.2, -0.15) is 11.8 Å². The summed E-state index contributed by atoms with van der Waals surface area (Å²) in [5.74, 6) is -0.0791. The first-order valence-corrected chi connectivity index (χ1v) is 6.73. The molecule has 0 unspecified atom stereocenters. The molecule has 0 bridgehead atoms. The Balaban J connectivity index is 2.55. The van der Waals surface area contributed by atoms with Gasteiger partial charge in [0.1, 0.15) is 4.88 Å². The zero-order chi connectivity index (χ0) is 11.5. The zero-order valence-electron chi connectivity index (χ0n) is 9.16. The van der Waals surface area contributed by atoms with Crippen LogP contribution in [0.5, 0.6) is 0 Å². The predicted molar refractivity (Wildman–Crippen MR) is 68.7 cm³/mol. The third kappa shape index (κ3) is 3.43. The van der Waals surface area contributed by atoms with Crippen molar-refractivity contribution in [1.82, 2.24) is 5.32 Å². The quantitative estimate of drug-likeness (QED) is 0.853. The van der Waals surface area contributed by atoms with Crippen molar-refractivity contribution in [3.63, 3.8) is 0 Å². The average Bonchev–Trinajstić information content (AvgIpc) is 2.61. The first-order chi connectivity index (χ1) is 6.96. The fourth-order valence-electron chi connectivity index (χ4n) is 0.949. The Morgan fingerprint density at radius 1 is 1.67 bits per heavy atom. The van der Waals surface area contributed by atoms with E-state index in [1.807, 2.05) is 11.6 Å². The Morgan fingerprint density at radius 3 is 2.80 bits per heavy atom. The van der Waals surface area contributed by atoms with Crippen LogP contribution in [0.3, 0.4) is 0 Å². The minimum Gasteiger partial charge on any atom is -0.397 e. The van der Waals surface area contributed by atoms with E-state index in [9.17, 15) is 4.79 Å². The largest absolute Gasteiger partial charge is 0.397 e. The minimum atomic E-state index is -0.0791. The fraction of sp³-hybridized carbons (Fsp3) is 0.500. The number of carbonyl (C=O) groups excluding carboxylic acids is 1. The summed E-state index contributed by atoms with van der Waals surface area (Å²) < 4.78 is 0.0572. The second-order valence-electron chi connectivity index (χ2n) is 3.85. The van der Waals surface area contributed by atoms with Gasteiger partial charge in [-0.15, -0.1) is 11.3 Å². The second-order valence-corrected chi connectivity index (χ2v) is 6.28. The molecule has 15 heavy (non-hydrogen) atoms. The molecule has 0 fully saturated rings. The monoisotopic (exact) mass is 244 g/mol. The molecule has 1 rings (SSSR count). The van der Waals surface area contributed by atoms with E-state index in [1.165, 1.54) is 11.3 Å². The smallest absolute Gasteiger partial charge is 0.263 e. The maximum atomic E-state index is 11.7. The molecule has 0 aliphatic carbocycles. The van der Waals surface area contributed by atoms with Crippen LogP contribution in [0.1, 0.15) is 23.5 Å². The molecule has 0 atom stereocenters. The highest BCUT2D eigenvalue weighted by atomic mass is 32.2. The van der Waals surface area contributed by atoms with E-state index in [1.54, 1.807) is 17.8 Å². The van der Waals surface area contributed by atoms with E-state index in [0.717, 1.165) is 0 Å². The van der Waals surface area contributed by atoms with Crippen LogP contribution in [0.4, 0.5) is 5.69 Å². The molecule has 0 aromatic carbocycles. The van der Waals surface area contributed by atoms with Gasteiger partial charge in [-0.25, -0.2) is 0 Å². The Morgan fingerprint density at radius 2 is 2.33 bits per heavy atom. The molecule has 3 N–H and O–H groups in total. The fourth-order valence-corrected chi connectivity index (χ4v) is 1.90. The molecule has 0 saturated carbocycles. The third-order valence-electron chi connectivity index (χ3n) is 2.13. The maximum Gasteiger partial charge on any atom is 0.263 e. The molecule has 1 amide bonds. The number of hydrogen-bond donors (Lipinski definition) is 2. The van der Waals surface area contributed by atoms with Gasteiger partial charge in [0.05, 0.1) is 5.69 Å².